The van der Waals surface area contributed by atoms with Crippen molar-refractivity contribution >= 4 is 5.97 Å². The molecule has 14 heavy (non-hydrogen) atoms. The van der Waals surface area contributed by atoms with Crippen LogP contribution in [0.4, 0.5) is 0 Å². The van der Waals surface area contributed by atoms with Gasteiger partial charge in [0.2, 0.25) is 0 Å². The first kappa shape index (κ1) is 11.5. The molecule has 0 spiro atoms. The molecule has 1 fully saturated rings. The van der Waals surface area contributed by atoms with E-state index in [1.54, 1.807) is 13.8 Å². The molecule has 0 amide bonds. The molecule has 0 heterocycles. The van der Waals surface area contributed by atoms with Crippen molar-refractivity contribution in [2.75, 3.05) is 6.54 Å². The van der Waals surface area contributed by atoms with Crippen LogP contribution in [0.2, 0.25) is 0 Å². The van der Waals surface area contributed by atoms with Crippen LogP contribution < -0.4 is 5.32 Å². The van der Waals surface area contributed by atoms with Gasteiger partial charge < -0.3 is 10.4 Å². The summed E-state index contributed by atoms with van der Waals surface area (Å²) in [4.78, 5) is 10.8. The third-order valence-corrected chi connectivity index (χ3v) is 3.09. The molecule has 0 aromatic heterocycles. The molecule has 0 aromatic rings. The summed E-state index contributed by atoms with van der Waals surface area (Å²) in [5.41, 5.74) is -0.780. The van der Waals surface area contributed by atoms with Crippen molar-refractivity contribution in [1.29, 1.82) is 0 Å². The maximum Gasteiger partial charge on any atom is 0.323 e. The average molecular weight is 199 g/mol. The Balaban J connectivity index is 2.28. The van der Waals surface area contributed by atoms with Gasteiger partial charge >= 0.3 is 5.97 Å². The molecule has 1 aliphatic rings. The lowest BCUT2D eigenvalue weighted by atomic mass is 9.88. The summed E-state index contributed by atoms with van der Waals surface area (Å²) in [6.45, 7) is 4.29. The van der Waals surface area contributed by atoms with Gasteiger partial charge in [-0.15, -0.1) is 0 Å². The van der Waals surface area contributed by atoms with Crippen molar-refractivity contribution in [3.8, 4) is 0 Å². The molecule has 1 aliphatic carbocycles. The summed E-state index contributed by atoms with van der Waals surface area (Å²) in [5.74, 6) is -0.0873. The fourth-order valence-corrected chi connectivity index (χ4v) is 1.87. The number of carboxylic acid groups (broad SMARTS) is 1. The Morgan fingerprint density at radius 2 is 1.93 bits per heavy atom. The minimum Gasteiger partial charge on any atom is -0.480 e. The molecule has 0 atom stereocenters. The third-order valence-electron chi connectivity index (χ3n) is 3.09. The number of rotatable bonds is 4. The quantitative estimate of drug-likeness (QED) is 0.728. The van der Waals surface area contributed by atoms with Gasteiger partial charge in [-0.3, -0.25) is 4.79 Å². The van der Waals surface area contributed by atoms with Crippen molar-refractivity contribution in [3.05, 3.63) is 0 Å². The molecule has 82 valence electrons. The highest BCUT2D eigenvalue weighted by Crippen LogP contribution is 2.23. The van der Waals surface area contributed by atoms with Crippen molar-refractivity contribution in [2.24, 2.45) is 5.92 Å². The predicted octanol–water partition coefficient (Wildman–Crippen LogP) is 2.02. The second-order valence-electron chi connectivity index (χ2n) is 4.82. The summed E-state index contributed by atoms with van der Waals surface area (Å²) < 4.78 is 0. The van der Waals surface area contributed by atoms with Crippen molar-refractivity contribution in [3.63, 3.8) is 0 Å². The lowest BCUT2D eigenvalue weighted by molar-refractivity contribution is -0.143. The maximum atomic E-state index is 10.8. The van der Waals surface area contributed by atoms with Crippen molar-refractivity contribution in [2.45, 2.75) is 51.5 Å². The second kappa shape index (κ2) is 4.78. The number of hydrogen-bond donors (Lipinski definition) is 2. The van der Waals surface area contributed by atoms with Crippen LogP contribution in [0.3, 0.4) is 0 Å². The van der Waals surface area contributed by atoms with Gasteiger partial charge in [0, 0.05) is 0 Å². The van der Waals surface area contributed by atoms with Gasteiger partial charge in [-0.1, -0.05) is 19.3 Å². The lowest BCUT2D eigenvalue weighted by Crippen LogP contribution is -2.48. The molecular formula is C11H21NO2. The first-order chi connectivity index (χ1) is 6.52. The van der Waals surface area contributed by atoms with Crippen LogP contribution in [-0.4, -0.2) is 23.2 Å². The Hall–Kier alpha value is -0.570. The van der Waals surface area contributed by atoms with Gasteiger partial charge in [-0.05, 0) is 39.2 Å². The summed E-state index contributed by atoms with van der Waals surface area (Å²) >= 11 is 0. The summed E-state index contributed by atoms with van der Waals surface area (Å²) in [7, 11) is 0. The SMILES string of the molecule is CC(C)(NCC1CCCCC1)C(=O)O. The molecule has 1 saturated carbocycles. The van der Waals surface area contributed by atoms with Gasteiger partial charge in [0.25, 0.3) is 0 Å². The standard InChI is InChI=1S/C11H21NO2/c1-11(2,10(13)14)12-8-9-6-4-3-5-7-9/h9,12H,3-8H2,1-2H3,(H,13,14). The van der Waals surface area contributed by atoms with Gasteiger partial charge in [-0.2, -0.15) is 0 Å². The van der Waals surface area contributed by atoms with E-state index >= 15 is 0 Å². The minimum absolute atomic E-state index is 0.683. The first-order valence-corrected chi connectivity index (χ1v) is 5.51. The zero-order valence-corrected chi connectivity index (χ0v) is 9.18. The van der Waals surface area contributed by atoms with E-state index in [1.807, 2.05) is 0 Å². The molecule has 0 aromatic carbocycles. The molecule has 0 unspecified atom stereocenters. The lowest BCUT2D eigenvalue weighted by Gasteiger charge is -2.27. The van der Waals surface area contributed by atoms with Crippen LogP contribution in [0.5, 0.6) is 0 Å². The molecule has 2 N–H and O–H groups in total. The molecule has 0 saturated heterocycles. The van der Waals surface area contributed by atoms with E-state index in [9.17, 15) is 4.79 Å². The van der Waals surface area contributed by atoms with Gasteiger partial charge in [0.05, 0.1) is 0 Å². The Kier molecular flexibility index (Phi) is 3.93. The fraction of sp³-hybridized carbons (Fsp3) is 0.909. The van der Waals surface area contributed by atoms with E-state index in [0.717, 1.165) is 6.54 Å². The second-order valence-corrected chi connectivity index (χ2v) is 4.82. The Bertz CT molecular complexity index is 195. The number of aliphatic carboxylic acids is 1. The van der Waals surface area contributed by atoms with Crippen LogP contribution in [0.25, 0.3) is 0 Å². The average Bonchev–Trinajstić information content (AvgIpc) is 2.16. The van der Waals surface area contributed by atoms with E-state index in [0.29, 0.717) is 5.92 Å². The van der Waals surface area contributed by atoms with E-state index in [1.165, 1.54) is 32.1 Å². The maximum absolute atomic E-state index is 10.8. The van der Waals surface area contributed by atoms with Gasteiger partial charge in [-0.25, -0.2) is 0 Å². The van der Waals surface area contributed by atoms with Crippen LogP contribution in [-0.2, 0) is 4.79 Å². The minimum atomic E-state index is -0.780. The Morgan fingerprint density at radius 1 is 1.36 bits per heavy atom. The molecule has 0 radical (unpaired) electrons. The van der Waals surface area contributed by atoms with Gasteiger partial charge in [0.1, 0.15) is 5.54 Å². The Morgan fingerprint density at radius 3 is 2.43 bits per heavy atom. The normalized spacial score (nSPS) is 19.6. The number of nitrogens with one attached hydrogen (secondary N) is 1. The molecule has 3 heteroatoms. The largest absolute Gasteiger partial charge is 0.480 e. The molecular weight excluding hydrogens is 178 g/mol. The fourth-order valence-electron chi connectivity index (χ4n) is 1.87. The number of carboxylic acids is 1. The zero-order chi connectivity index (χ0) is 10.6. The summed E-state index contributed by atoms with van der Waals surface area (Å²) in [6.07, 6.45) is 6.46. The third kappa shape index (κ3) is 3.29. The monoisotopic (exact) mass is 199 g/mol. The summed E-state index contributed by atoms with van der Waals surface area (Å²) in [6, 6.07) is 0. The molecule has 0 bridgehead atoms. The first-order valence-electron chi connectivity index (χ1n) is 5.51. The van der Waals surface area contributed by atoms with Crippen molar-refractivity contribution < 1.29 is 9.90 Å². The highest BCUT2D eigenvalue weighted by Gasteiger charge is 2.27. The van der Waals surface area contributed by atoms with Crippen LogP contribution >= 0.6 is 0 Å². The Labute approximate surface area is 85.9 Å². The highest BCUT2D eigenvalue weighted by molar-refractivity contribution is 5.77. The summed E-state index contributed by atoms with van der Waals surface area (Å²) in [5, 5.41) is 12.0. The predicted molar refractivity (Wildman–Crippen MR) is 56.3 cm³/mol. The number of carbonyl (C=O) groups is 1. The smallest absolute Gasteiger partial charge is 0.323 e. The molecule has 0 aliphatic heterocycles. The van der Waals surface area contributed by atoms with Gasteiger partial charge in [0.15, 0.2) is 0 Å². The van der Waals surface area contributed by atoms with E-state index in [2.05, 4.69) is 5.32 Å². The van der Waals surface area contributed by atoms with Crippen LogP contribution in [0.1, 0.15) is 46.0 Å². The van der Waals surface area contributed by atoms with E-state index < -0.39 is 11.5 Å². The van der Waals surface area contributed by atoms with Crippen molar-refractivity contribution in [1.82, 2.24) is 5.32 Å². The van der Waals surface area contributed by atoms with E-state index in [-0.39, 0.29) is 0 Å². The van der Waals surface area contributed by atoms with E-state index in [4.69, 9.17) is 5.11 Å². The molecule has 3 nitrogen and oxygen atoms in total. The van der Waals surface area contributed by atoms with Crippen LogP contribution in [0, 0.1) is 5.92 Å². The van der Waals surface area contributed by atoms with Crippen LogP contribution in [0.15, 0.2) is 0 Å². The number of hydrogen-bond acceptors (Lipinski definition) is 2. The zero-order valence-electron chi connectivity index (χ0n) is 9.18. The molecule has 1 rings (SSSR count). The topological polar surface area (TPSA) is 49.3 Å². The highest BCUT2D eigenvalue weighted by atomic mass is 16.4.